The summed E-state index contributed by atoms with van der Waals surface area (Å²) in [5.74, 6) is -0.193. The van der Waals surface area contributed by atoms with E-state index >= 15 is 0 Å². The topological polar surface area (TPSA) is 81.5 Å². The molecule has 140 valence electrons. The average Bonchev–Trinajstić information content (AvgIpc) is 2.94. The Balaban J connectivity index is 2.04. The molecule has 2 rings (SSSR count). The summed E-state index contributed by atoms with van der Waals surface area (Å²) in [4.78, 5) is 13.7. The van der Waals surface area contributed by atoms with Gasteiger partial charge >= 0.3 is 0 Å². The molecule has 0 aliphatic carbocycles. The Labute approximate surface area is 155 Å². The molecule has 0 N–H and O–H groups in total. The molecule has 1 aromatic carbocycles. The SMILES string of the molecule is CN(CCC#N)C(=O)/C=C/c1ccc(S(=O)(=O)N2CCCCCC2)cc1. The fourth-order valence-electron chi connectivity index (χ4n) is 2.80. The second-order valence-corrected chi connectivity index (χ2v) is 8.33. The minimum atomic E-state index is -3.45. The molecule has 7 heteroatoms. The van der Waals surface area contributed by atoms with Gasteiger partial charge in [-0.25, -0.2) is 8.42 Å². The molecule has 0 bridgehead atoms. The second-order valence-electron chi connectivity index (χ2n) is 6.39. The van der Waals surface area contributed by atoms with E-state index in [4.69, 9.17) is 5.26 Å². The third-order valence-electron chi connectivity index (χ3n) is 4.44. The van der Waals surface area contributed by atoms with Crippen molar-refractivity contribution < 1.29 is 13.2 Å². The summed E-state index contributed by atoms with van der Waals surface area (Å²) < 4.78 is 27.0. The highest BCUT2D eigenvalue weighted by atomic mass is 32.2. The Bertz CT molecular complexity index is 771. The molecular formula is C19H25N3O3S. The fourth-order valence-corrected chi connectivity index (χ4v) is 4.32. The van der Waals surface area contributed by atoms with Gasteiger partial charge in [0.05, 0.1) is 17.4 Å². The van der Waals surface area contributed by atoms with Crippen molar-refractivity contribution in [1.82, 2.24) is 9.21 Å². The number of sulfonamides is 1. The molecule has 1 fully saturated rings. The number of nitriles is 1. The fraction of sp³-hybridized carbons (Fsp3) is 0.474. The van der Waals surface area contributed by atoms with Crippen molar-refractivity contribution in [2.45, 2.75) is 37.0 Å². The van der Waals surface area contributed by atoms with Crippen molar-refractivity contribution in [3.05, 3.63) is 35.9 Å². The monoisotopic (exact) mass is 375 g/mol. The molecule has 1 heterocycles. The van der Waals surface area contributed by atoms with E-state index in [0.717, 1.165) is 31.2 Å². The predicted molar refractivity (Wildman–Crippen MR) is 101 cm³/mol. The number of benzene rings is 1. The summed E-state index contributed by atoms with van der Waals surface area (Å²) in [5.41, 5.74) is 0.752. The lowest BCUT2D eigenvalue weighted by atomic mass is 10.2. The molecule has 1 amide bonds. The summed E-state index contributed by atoms with van der Waals surface area (Å²) >= 11 is 0. The molecule has 1 aliphatic heterocycles. The second kappa shape index (κ2) is 9.51. The van der Waals surface area contributed by atoms with Crippen molar-refractivity contribution >= 4 is 22.0 Å². The van der Waals surface area contributed by atoms with E-state index in [0.29, 0.717) is 26.1 Å². The van der Waals surface area contributed by atoms with Crippen LogP contribution in [0.4, 0.5) is 0 Å². The molecule has 0 atom stereocenters. The van der Waals surface area contributed by atoms with Crippen molar-refractivity contribution in [1.29, 1.82) is 5.26 Å². The van der Waals surface area contributed by atoms with Gasteiger partial charge in [-0.15, -0.1) is 0 Å². The summed E-state index contributed by atoms with van der Waals surface area (Å²) in [5, 5.41) is 8.55. The summed E-state index contributed by atoms with van der Waals surface area (Å²) in [6.45, 7) is 1.54. The number of hydrogen-bond donors (Lipinski definition) is 0. The minimum Gasteiger partial charge on any atom is -0.341 e. The molecule has 0 spiro atoms. The molecule has 26 heavy (non-hydrogen) atoms. The van der Waals surface area contributed by atoms with Crippen LogP contribution in [0.2, 0.25) is 0 Å². The zero-order chi connectivity index (χ0) is 19.0. The van der Waals surface area contributed by atoms with Crippen LogP contribution in [-0.2, 0) is 14.8 Å². The van der Waals surface area contributed by atoms with Crippen LogP contribution >= 0.6 is 0 Å². The van der Waals surface area contributed by atoms with Crippen molar-refractivity contribution in [3.8, 4) is 6.07 Å². The minimum absolute atomic E-state index is 0.193. The van der Waals surface area contributed by atoms with Crippen molar-refractivity contribution in [3.63, 3.8) is 0 Å². The van der Waals surface area contributed by atoms with Gasteiger partial charge in [0.15, 0.2) is 0 Å². The Morgan fingerprint density at radius 2 is 1.81 bits per heavy atom. The summed E-state index contributed by atoms with van der Waals surface area (Å²) in [6.07, 6.45) is 7.32. The molecule has 0 saturated carbocycles. The number of carbonyl (C=O) groups excluding carboxylic acids is 1. The number of carbonyl (C=O) groups is 1. The van der Waals surface area contributed by atoms with Crippen LogP contribution < -0.4 is 0 Å². The average molecular weight is 375 g/mol. The first kappa shape index (κ1) is 20.1. The lowest BCUT2D eigenvalue weighted by molar-refractivity contribution is -0.124. The van der Waals surface area contributed by atoms with Crippen LogP contribution in [0.5, 0.6) is 0 Å². The van der Waals surface area contributed by atoms with Crippen LogP contribution in [0.1, 0.15) is 37.7 Å². The molecular weight excluding hydrogens is 350 g/mol. The van der Waals surface area contributed by atoms with Crippen LogP contribution in [0.3, 0.4) is 0 Å². The Morgan fingerprint density at radius 1 is 1.19 bits per heavy atom. The van der Waals surface area contributed by atoms with Crippen LogP contribution in [0.25, 0.3) is 6.08 Å². The number of amides is 1. The standard InChI is InChI=1S/C19H25N3O3S/c1-21(14-6-13-20)19(23)12-9-17-7-10-18(11-8-17)26(24,25)22-15-4-2-3-5-16-22/h7-12H,2-6,14-16H2,1H3/b12-9+. The molecule has 1 aromatic rings. The predicted octanol–water partition coefficient (Wildman–Crippen LogP) is 2.64. The van der Waals surface area contributed by atoms with E-state index in [1.54, 1.807) is 41.7 Å². The number of rotatable bonds is 6. The summed E-state index contributed by atoms with van der Waals surface area (Å²) in [7, 11) is -1.81. The Morgan fingerprint density at radius 3 is 2.38 bits per heavy atom. The first-order valence-electron chi connectivity index (χ1n) is 8.85. The van der Waals surface area contributed by atoms with Crippen LogP contribution in [0, 0.1) is 11.3 Å². The zero-order valence-electron chi connectivity index (χ0n) is 15.1. The Kier molecular flexibility index (Phi) is 7.37. The molecule has 0 unspecified atom stereocenters. The van der Waals surface area contributed by atoms with Crippen LogP contribution in [0.15, 0.2) is 35.2 Å². The maximum absolute atomic E-state index is 12.7. The van der Waals surface area contributed by atoms with E-state index in [2.05, 4.69) is 0 Å². The van der Waals surface area contributed by atoms with Gasteiger partial charge in [-0.3, -0.25) is 4.79 Å². The summed E-state index contributed by atoms with van der Waals surface area (Å²) in [6, 6.07) is 8.57. The highest BCUT2D eigenvalue weighted by Gasteiger charge is 2.24. The molecule has 0 aromatic heterocycles. The first-order valence-corrected chi connectivity index (χ1v) is 10.3. The Hall–Kier alpha value is -2.17. The van der Waals surface area contributed by atoms with Gasteiger partial charge in [0, 0.05) is 32.8 Å². The molecule has 1 saturated heterocycles. The van der Waals surface area contributed by atoms with Gasteiger partial charge < -0.3 is 4.90 Å². The third kappa shape index (κ3) is 5.41. The number of likely N-dealkylation sites (N-methyl/N-ethyl adjacent to an activating group) is 1. The molecule has 6 nitrogen and oxygen atoms in total. The lowest BCUT2D eigenvalue weighted by Gasteiger charge is -2.19. The van der Waals surface area contributed by atoms with Gasteiger partial charge in [0.25, 0.3) is 0 Å². The van der Waals surface area contributed by atoms with E-state index in [1.165, 1.54) is 11.0 Å². The maximum Gasteiger partial charge on any atom is 0.246 e. The third-order valence-corrected chi connectivity index (χ3v) is 6.35. The lowest BCUT2D eigenvalue weighted by Crippen LogP contribution is -2.31. The quantitative estimate of drug-likeness (QED) is 0.716. The number of nitrogens with zero attached hydrogens (tertiary/aromatic N) is 3. The zero-order valence-corrected chi connectivity index (χ0v) is 15.9. The number of hydrogen-bond acceptors (Lipinski definition) is 4. The van der Waals surface area contributed by atoms with E-state index in [1.807, 2.05) is 6.07 Å². The van der Waals surface area contributed by atoms with Gasteiger partial charge in [0.2, 0.25) is 15.9 Å². The smallest absolute Gasteiger partial charge is 0.246 e. The van der Waals surface area contributed by atoms with Gasteiger partial charge in [-0.2, -0.15) is 9.57 Å². The highest BCUT2D eigenvalue weighted by molar-refractivity contribution is 7.89. The van der Waals surface area contributed by atoms with E-state index in [-0.39, 0.29) is 10.8 Å². The van der Waals surface area contributed by atoms with Crippen LogP contribution in [-0.4, -0.2) is 50.2 Å². The normalized spacial score (nSPS) is 16.2. The first-order chi connectivity index (χ1) is 12.4. The largest absolute Gasteiger partial charge is 0.341 e. The van der Waals surface area contributed by atoms with Crippen molar-refractivity contribution in [2.24, 2.45) is 0 Å². The van der Waals surface area contributed by atoms with Crippen molar-refractivity contribution in [2.75, 3.05) is 26.7 Å². The van der Waals surface area contributed by atoms with Gasteiger partial charge in [-0.1, -0.05) is 25.0 Å². The van der Waals surface area contributed by atoms with Gasteiger partial charge in [-0.05, 0) is 36.6 Å². The molecule has 1 aliphatic rings. The van der Waals surface area contributed by atoms with E-state index in [9.17, 15) is 13.2 Å². The van der Waals surface area contributed by atoms with Gasteiger partial charge in [0.1, 0.15) is 0 Å². The highest BCUT2D eigenvalue weighted by Crippen LogP contribution is 2.21. The van der Waals surface area contributed by atoms with E-state index < -0.39 is 10.0 Å². The maximum atomic E-state index is 12.7. The molecule has 0 radical (unpaired) electrons.